The first-order chi connectivity index (χ1) is 12.7. The summed E-state index contributed by atoms with van der Waals surface area (Å²) in [5, 5.41) is 2.62. The molecule has 2 rings (SSSR count). The van der Waals surface area contributed by atoms with Crippen molar-refractivity contribution < 1.29 is 14.0 Å². The van der Waals surface area contributed by atoms with E-state index in [0.717, 1.165) is 11.1 Å². The van der Waals surface area contributed by atoms with E-state index < -0.39 is 5.82 Å². The number of carbonyl (C=O) groups is 2. The smallest absolute Gasteiger partial charge is 0.238 e. The highest BCUT2D eigenvalue weighted by molar-refractivity contribution is 5.92. The van der Waals surface area contributed by atoms with Crippen LogP contribution in [-0.4, -0.2) is 48.8 Å². The molecule has 27 heavy (non-hydrogen) atoms. The van der Waals surface area contributed by atoms with Gasteiger partial charge >= 0.3 is 0 Å². The van der Waals surface area contributed by atoms with Crippen LogP contribution in [-0.2, 0) is 16.1 Å². The standard InChI is InChI=1S/C21H26FN3O2/c1-15-8-9-17(16(2)10-15)12-25(4)21(27)14-24(3)13-20(26)23-19-7-5-6-18(22)11-19/h5-11H,12-14H2,1-4H3,(H,23,26). The first-order valence-corrected chi connectivity index (χ1v) is 8.78. The van der Waals surface area contributed by atoms with Crippen molar-refractivity contribution in [3.63, 3.8) is 0 Å². The van der Waals surface area contributed by atoms with Crippen LogP contribution in [0.4, 0.5) is 10.1 Å². The molecule has 6 heteroatoms. The van der Waals surface area contributed by atoms with Crippen LogP contribution in [0.1, 0.15) is 16.7 Å². The van der Waals surface area contributed by atoms with Crippen molar-refractivity contribution in [2.75, 3.05) is 32.5 Å². The molecule has 0 saturated carbocycles. The van der Waals surface area contributed by atoms with Gasteiger partial charge in [-0.15, -0.1) is 0 Å². The molecule has 0 aliphatic carbocycles. The minimum atomic E-state index is -0.413. The van der Waals surface area contributed by atoms with Gasteiger partial charge in [0, 0.05) is 19.3 Å². The van der Waals surface area contributed by atoms with Gasteiger partial charge < -0.3 is 10.2 Å². The van der Waals surface area contributed by atoms with E-state index in [1.165, 1.54) is 23.8 Å². The van der Waals surface area contributed by atoms with Crippen molar-refractivity contribution in [2.24, 2.45) is 0 Å². The fourth-order valence-electron chi connectivity index (χ4n) is 2.79. The lowest BCUT2D eigenvalue weighted by atomic mass is 10.1. The van der Waals surface area contributed by atoms with Gasteiger partial charge in [0.2, 0.25) is 11.8 Å². The second kappa shape index (κ2) is 9.28. The molecule has 0 aliphatic heterocycles. The molecule has 0 aromatic heterocycles. The highest BCUT2D eigenvalue weighted by Gasteiger charge is 2.15. The van der Waals surface area contributed by atoms with E-state index in [1.807, 2.05) is 26.0 Å². The summed E-state index contributed by atoms with van der Waals surface area (Å²) in [5.41, 5.74) is 3.83. The molecule has 144 valence electrons. The number of nitrogens with one attached hydrogen (secondary N) is 1. The predicted octanol–water partition coefficient (Wildman–Crippen LogP) is 2.97. The van der Waals surface area contributed by atoms with Crippen molar-refractivity contribution in [2.45, 2.75) is 20.4 Å². The summed E-state index contributed by atoms with van der Waals surface area (Å²) in [6.45, 7) is 4.75. The summed E-state index contributed by atoms with van der Waals surface area (Å²) in [7, 11) is 3.45. The van der Waals surface area contributed by atoms with E-state index in [2.05, 4.69) is 11.4 Å². The Hall–Kier alpha value is -2.73. The number of anilines is 1. The maximum absolute atomic E-state index is 13.2. The molecule has 0 spiro atoms. The molecule has 0 unspecified atom stereocenters. The van der Waals surface area contributed by atoms with Crippen molar-refractivity contribution in [1.82, 2.24) is 9.80 Å². The molecule has 1 N–H and O–H groups in total. The van der Waals surface area contributed by atoms with Crippen LogP contribution in [0.25, 0.3) is 0 Å². The van der Waals surface area contributed by atoms with Crippen molar-refractivity contribution in [3.05, 3.63) is 65.0 Å². The van der Waals surface area contributed by atoms with Crippen molar-refractivity contribution in [1.29, 1.82) is 0 Å². The predicted molar refractivity (Wildman–Crippen MR) is 105 cm³/mol. The number of rotatable bonds is 7. The lowest BCUT2D eigenvalue weighted by Crippen LogP contribution is -2.39. The van der Waals surface area contributed by atoms with Gasteiger partial charge in [-0.25, -0.2) is 4.39 Å². The van der Waals surface area contributed by atoms with Gasteiger partial charge in [-0.1, -0.05) is 29.8 Å². The van der Waals surface area contributed by atoms with E-state index in [0.29, 0.717) is 12.2 Å². The van der Waals surface area contributed by atoms with E-state index in [1.54, 1.807) is 30.0 Å². The van der Waals surface area contributed by atoms with Crippen LogP contribution in [0, 0.1) is 19.7 Å². The summed E-state index contributed by atoms with van der Waals surface area (Å²) < 4.78 is 13.2. The van der Waals surface area contributed by atoms with Crippen LogP contribution in [0.3, 0.4) is 0 Å². The molecular weight excluding hydrogens is 345 g/mol. The number of hydrogen-bond acceptors (Lipinski definition) is 3. The zero-order valence-electron chi connectivity index (χ0n) is 16.3. The quantitative estimate of drug-likeness (QED) is 0.814. The SMILES string of the molecule is Cc1ccc(CN(C)C(=O)CN(C)CC(=O)Nc2cccc(F)c2)c(C)c1. The Balaban J connectivity index is 1.84. The fourth-order valence-corrected chi connectivity index (χ4v) is 2.79. The molecule has 0 bridgehead atoms. The number of hydrogen-bond donors (Lipinski definition) is 1. The monoisotopic (exact) mass is 371 g/mol. The molecule has 5 nitrogen and oxygen atoms in total. The van der Waals surface area contributed by atoms with E-state index in [9.17, 15) is 14.0 Å². The lowest BCUT2D eigenvalue weighted by Gasteiger charge is -2.22. The molecule has 0 aliphatic rings. The second-order valence-corrected chi connectivity index (χ2v) is 6.91. The largest absolute Gasteiger partial charge is 0.340 e. The van der Waals surface area contributed by atoms with Crippen LogP contribution in [0.15, 0.2) is 42.5 Å². The van der Waals surface area contributed by atoms with Gasteiger partial charge in [-0.2, -0.15) is 0 Å². The highest BCUT2D eigenvalue weighted by Crippen LogP contribution is 2.13. The Morgan fingerprint density at radius 2 is 1.78 bits per heavy atom. The maximum Gasteiger partial charge on any atom is 0.238 e. The Morgan fingerprint density at radius 1 is 1.04 bits per heavy atom. The average molecular weight is 371 g/mol. The molecule has 0 saturated heterocycles. The average Bonchev–Trinajstić information content (AvgIpc) is 2.56. The molecule has 2 aromatic rings. The Kier molecular flexibility index (Phi) is 7.07. The third kappa shape index (κ3) is 6.49. The van der Waals surface area contributed by atoms with E-state index in [-0.39, 0.29) is 24.9 Å². The molecule has 0 atom stereocenters. The van der Waals surface area contributed by atoms with Gasteiger partial charge in [0.15, 0.2) is 0 Å². The van der Waals surface area contributed by atoms with Crippen molar-refractivity contribution >= 4 is 17.5 Å². The first-order valence-electron chi connectivity index (χ1n) is 8.78. The minimum Gasteiger partial charge on any atom is -0.340 e. The Labute approximate surface area is 159 Å². The molecule has 0 fully saturated rings. The van der Waals surface area contributed by atoms with Crippen molar-refractivity contribution in [3.8, 4) is 0 Å². The third-order valence-electron chi connectivity index (χ3n) is 4.26. The molecule has 0 radical (unpaired) electrons. The zero-order valence-corrected chi connectivity index (χ0v) is 16.3. The van der Waals surface area contributed by atoms with Gasteiger partial charge in [0.05, 0.1) is 13.1 Å². The Bertz CT molecular complexity index is 823. The topological polar surface area (TPSA) is 52.7 Å². The number of benzene rings is 2. The number of amides is 2. The third-order valence-corrected chi connectivity index (χ3v) is 4.26. The fraction of sp³-hybridized carbons (Fsp3) is 0.333. The Morgan fingerprint density at radius 3 is 2.44 bits per heavy atom. The van der Waals surface area contributed by atoms with Gasteiger partial charge in [-0.05, 0) is 50.2 Å². The second-order valence-electron chi connectivity index (χ2n) is 6.91. The normalized spacial score (nSPS) is 10.7. The van der Waals surface area contributed by atoms with Crippen LogP contribution >= 0.6 is 0 Å². The lowest BCUT2D eigenvalue weighted by molar-refractivity contribution is -0.131. The summed E-state index contributed by atoms with van der Waals surface area (Å²) >= 11 is 0. The highest BCUT2D eigenvalue weighted by atomic mass is 19.1. The summed E-state index contributed by atoms with van der Waals surface area (Å²) in [5.74, 6) is -0.784. The minimum absolute atomic E-state index is 0.0413. The number of aryl methyl sites for hydroxylation is 2. The van der Waals surface area contributed by atoms with E-state index >= 15 is 0 Å². The van der Waals surface area contributed by atoms with E-state index in [4.69, 9.17) is 0 Å². The van der Waals surface area contributed by atoms with Crippen LogP contribution < -0.4 is 5.32 Å². The number of halogens is 1. The first kappa shape index (κ1) is 20.6. The molecule has 2 aromatic carbocycles. The van der Waals surface area contributed by atoms with Gasteiger partial charge in [0.25, 0.3) is 0 Å². The van der Waals surface area contributed by atoms with Crippen LogP contribution in [0.2, 0.25) is 0 Å². The number of nitrogens with zero attached hydrogens (tertiary/aromatic N) is 2. The molecule has 0 heterocycles. The van der Waals surface area contributed by atoms with Gasteiger partial charge in [0.1, 0.15) is 5.82 Å². The number of carbonyl (C=O) groups excluding carboxylic acids is 2. The van der Waals surface area contributed by atoms with Gasteiger partial charge in [-0.3, -0.25) is 14.5 Å². The summed E-state index contributed by atoms with van der Waals surface area (Å²) in [6.07, 6.45) is 0. The maximum atomic E-state index is 13.2. The summed E-state index contributed by atoms with van der Waals surface area (Å²) in [4.78, 5) is 27.8. The molecular formula is C21H26FN3O2. The van der Waals surface area contributed by atoms with Crippen LogP contribution in [0.5, 0.6) is 0 Å². The number of likely N-dealkylation sites (N-methyl/N-ethyl adjacent to an activating group) is 2. The summed E-state index contributed by atoms with van der Waals surface area (Å²) in [6, 6.07) is 11.9. The zero-order chi connectivity index (χ0) is 20.0. The molecule has 2 amide bonds.